The number of imidazole rings is 5. The van der Waals surface area contributed by atoms with E-state index in [1.54, 1.807) is 88.1 Å². The molecule has 10 N–H and O–H groups in total. The topological polar surface area (TPSA) is 430 Å². The minimum absolute atomic E-state index is 0.00758. The van der Waals surface area contributed by atoms with Crippen LogP contribution >= 0.6 is 11.6 Å². The molecule has 6 heterocycles. The highest BCUT2D eigenvalue weighted by molar-refractivity contribution is 6.31. The van der Waals surface area contributed by atoms with E-state index in [1.165, 1.54) is 30.4 Å². The number of nitriles is 5. The minimum Gasteiger partial charge on any atom is -0.497 e. The Morgan fingerprint density at radius 1 is 0.468 bits per heavy atom. The number of amides is 5. The molecule has 109 heavy (non-hydrogen) atoms. The van der Waals surface area contributed by atoms with Crippen molar-refractivity contribution in [1.29, 1.82) is 26.3 Å². The standard InChI is InChI=1S/C20H16N4O.C17H18N4O.C16H16N4O2.C15H13ClN4O.C13H12N4O2/c21-14-17(13-18-22-11-12-23-18)20(25)24-19(15-7-3-1-4-8-15)16-9-5-2-6-10-16;1-2-6-15(13-7-4-3-5-8-13)21-17(22)14(12-18)11-16-19-9-10-20-16;1-11(12-4-3-5-14(8-12)22-2)20-16(21)13(10-17)9-15-18-6-7-19-15;1-10(12-4-2-3-5-13(12)16)20-15(21)11(9-17)8-14-18-6-7-19-14;1-9-2-3-11(19-9)8-17-13(18)10(7-14)6-12-15-4-5-16-12/h1-13,19H,(H,22,23)(H,24,25);3-5,7-11,15H,2,6H2,1H3,(H,19,20)(H,21,22);3-9,11H,1-2H3,(H,18,19)(H,20,21);2-8,10H,1H3,(H,18,19)(H,20,21);2-6H,8H2,1H3,(H,15,16)(H,17,18)/b17-13+;14-11+;13-9+;11-8+;10-6+/t;15-;11-;10-;/m.000./s1. The number of aromatic amines is 5. The molecule has 0 saturated carbocycles. The molecule has 0 bridgehead atoms. The van der Waals surface area contributed by atoms with Crippen LogP contribution in [0.4, 0.5) is 0 Å². The fourth-order valence-electron chi connectivity index (χ4n) is 9.89. The van der Waals surface area contributed by atoms with Crippen molar-refractivity contribution >= 4 is 71.5 Å². The van der Waals surface area contributed by atoms with Crippen LogP contribution in [-0.2, 0) is 30.5 Å². The highest BCUT2D eigenvalue weighted by Crippen LogP contribution is 2.26. The summed E-state index contributed by atoms with van der Waals surface area (Å²) in [5.74, 6) is 2.22. The highest BCUT2D eigenvalue weighted by atomic mass is 35.5. The van der Waals surface area contributed by atoms with Crippen LogP contribution in [0.1, 0.15) is 126 Å². The second-order valence-corrected chi connectivity index (χ2v) is 23.5. The van der Waals surface area contributed by atoms with Crippen molar-refractivity contribution < 1.29 is 33.1 Å². The molecule has 0 aliphatic heterocycles. The van der Waals surface area contributed by atoms with Crippen molar-refractivity contribution in [3.8, 4) is 36.1 Å². The smallest absolute Gasteiger partial charge is 0.262 e. The number of nitrogens with zero attached hydrogens (tertiary/aromatic N) is 10. The number of carbonyl (C=O) groups excluding carboxylic acids is 5. The molecule has 5 aromatic carbocycles. The van der Waals surface area contributed by atoms with Crippen LogP contribution in [0.2, 0.25) is 5.02 Å². The molecule has 0 spiro atoms. The van der Waals surface area contributed by atoms with E-state index >= 15 is 0 Å². The average molecular weight is 1480 g/mol. The minimum atomic E-state index is -0.471. The van der Waals surface area contributed by atoms with Gasteiger partial charge in [-0.25, -0.2) is 24.9 Å². The van der Waals surface area contributed by atoms with E-state index in [0.29, 0.717) is 45.7 Å². The summed E-state index contributed by atoms with van der Waals surface area (Å²) < 4.78 is 10.5. The molecule has 0 saturated heterocycles. The van der Waals surface area contributed by atoms with Crippen LogP contribution in [-0.4, -0.2) is 86.5 Å². The zero-order chi connectivity index (χ0) is 78.1. The lowest BCUT2D eigenvalue weighted by Crippen LogP contribution is -2.30. The summed E-state index contributed by atoms with van der Waals surface area (Å²) >= 11 is 6.09. The van der Waals surface area contributed by atoms with Crippen LogP contribution < -0.4 is 31.3 Å². The molecule has 0 aliphatic carbocycles. The summed E-state index contributed by atoms with van der Waals surface area (Å²) in [5, 5.41) is 60.3. The zero-order valence-electron chi connectivity index (χ0n) is 59.7. The van der Waals surface area contributed by atoms with Crippen LogP contribution in [0.5, 0.6) is 5.75 Å². The van der Waals surface area contributed by atoms with Gasteiger partial charge in [0, 0.05) is 97.4 Å². The van der Waals surface area contributed by atoms with E-state index in [-0.39, 0.29) is 64.5 Å². The second-order valence-electron chi connectivity index (χ2n) is 23.1. The predicted molar refractivity (Wildman–Crippen MR) is 409 cm³/mol. The Labute approximate surface area is 633 Å². The zero-order valence-corrected chi connectivity index (χ0v) is 60.5. The van der Waals surface area contributed by atoms with E-state index in [0.717, 1.165) is 46.4 Å². The number of H-pyrrole nitrogens is 5. The summed E-state index contributed by atoms with van der Waals surface area (Å²) in [6.45, 7) is 7.77. The largest absolute Gasteiger partial charge is 0.497 e. The van der Waals surface area contributed by atoms with Crippen LogP contribution in [0.15, 0.2) is 246 Å². The van der Waals surface area contributed by atoms with Crippen molar-refractivity contribution in [1.82, 2.24) is 76.4 Å². The Morgan fingerprint density at radius 3 is 1.22 bits per heavy atom. The first-order chi connectivity index (χ1) is 52.9. The van der Waals surface area contributed by atoms with Gasteiger partial charge in [-0.05, 0) is 85.3 Å². The molecule has 0 unspecified atom stereocenters. The van der Waals surface area contributed by atoms with Gasteiger partial charge in [0.25, 0.3) is 29.5 Å². The quantitative estimate of drug-likeness (QED) is 0.0198. The van der Waals surface area contributed by atoms with E-state index in [2.05, 4.69) is 83.3 Å². The molecule has 5 amide bonds. The molecule has 6 aromatic heterocycles. The molecule has 3 atom stereocenters. The molecule has 11 rings (SSSR count). The van der Waals surface area contributed by atoms with Crippen molar-refractivity contribution in [3.05, 3.63) is 315 Å². The van der Waals surface area contributed by atoms with Gasteiger partial charge in [-0.1, -0.05) is 146 Å². The Hall–Kier alpha value is -15.0. The molecule has 28 heteroatoms. The van der Waals surface area contributed by atoms with Gasteiger partial charge in [0.05, 0.1) is 37.8 Å². The van der Waals surface area contributed by atoms with Gasteiger partial charge in [-0.3, -0.25) is 24.0 Å². The van der Waals surface area contributed by atoms with Crippen molar-refractivity contribution in [2.75, 3.05) is 7.11 Å². The normalized spacial score (nSPS) is 11.9. The van der Waals surface area contributed by atoms with E-state index in [1.807, 2.05) is 184 Å². The molecule has 27 nitrogen and oxygen atoms in total. The van der Waals surface area contributed by atoms with Crippen LogP contribution in [0.3, 0.4) is 0 Å². The van der Waals surface area contributed by atoms with Crippen LogP contribution in [0.25, 0.3) is 30.4 Å². The Balaban J connectivity index is 0.000000190. The van der Waals surface area contributed by atoms with Gasteiger partial charge in [-0.15, -0.1) is 0 Å². The summed E-state index contributed by atoms with van der Waals surface area (Å²) in [5.41, 5.74) is 4.58. The predicted octanol–water partition coefficient (Wildman–Crippen LogP) is 12.8. The fourth-order valence-corrected chi connectivity index (χ4v) is 10.2. The molecule has 548 valence electrons. The number of aryl methyl sites for hydroxylation is 1. The molecule has 0 fully saturated rings. The van der Waals surface area contributed by atoms with Crippen molar-refractivity contribution in [2.45, 2.75) is 71.2 Å². The van der Waals surface area contributed by atoms with E-state index in [4.69, 9.17) is 36.5 Å². The number of ether oxygens (including phenoxy) is 1. The molecule has 0 aliphatic rings. The van der Waals surface area contributed by atoms with E-state index < -0.39 is 23.6 Å². The van der Waals surface area contributed by atoms with E-state index in [9.17, 15) is 34.5 Å². The number of aromatic nitrogens is 10. The van der Waals surface area contributed by atoms with Crippen molar-refractivity contribution in [3.63, 3.8) is 0 Å². The third-order valence-electron chi connectivity index (χ3n) is 15.3. The van der Waals surface area contributed by atoms with Crippen molar-refractivity contribution in [2.24, 2.45) is 0 Å². The Bertz CT molecular complexity index is 5060. The van der Waals surface area contributed by atoms with Gasteiger partial charge in [-0.2, -0.15) is 26.3 Å². The third kappa shape index (κ3) is 26.7. The van der Waals surface area contributed by atoms with Gasteiger partial charge in [0.1, 0.15) is 105 Å². The highest BCUT2D eigenvalue weighted by Gasteiger charge is 2.22. The SMILES string of the molecule is CCC[C@H](NC(=O)/C(C#N)=C/c1ncc[nH]1)c1ccccc1.COc1cccc([C@H](C)NC(=O)/C(C#N)=C/c2ncc[nH]2)c1.C[C@H](NC(=O)/C(C#N)=C/c1ncc[nH]1)c1ccccc1Cl.Cc1ccc(CNC(=O)/C(C#N)=C/c2ncc[nH]2)o1.N#C/C(=C\c1ncc[nH]1)C(=O)NC(c1ccccc1)c1ccccc1. The number of benzene rings is 5. The summed E-state index contributed by atoms with van der Waals surface area (Å²) in [6.07, 6.45) is 24.7. The molecule has 11 aromatic rings. The number of nitrogens with one attached hydrogen (secondary N) is 10. The lowest BCUT2D eigenvalue weighted by Gasteiger charge is -2.19. The second kappa shape index (κ2) is 43.9. The Kier molecular flexibility index (Phi) is 32.7. The lowest BCUT2D eigenvalue weighted by atomic mass is 9.98. The maximum atomic E-state index is 12.6. The molecular weight excluding hydrogens is 1400 g/mol. The number of hydrogen-bond donors (Lipinski definition) is 10. The van der Waals surface area contributed by atoms with Gasteiger partial charge in [0.15, 0.2) is 0 Å². The average Bonchev–Trinajstić information content (AvgIpc) is 1.54. The Morgan fingerprint density at radius 2 is 0.844 bits per heavy atom. The maximum absolute atomic E-state index is 12.6. The number of methoxy groups -OCH3 is 1. The number of furan rings is 1. The summed E-state index contributed by atoms with van der Waals surface area (Å²) in [6, 6.07) is 55.7. The molecule has 0 radical (unpaired) electrons. The molecular formula is C81H75ClN20O7. The summed E-state index contributed by atoms with van der Waals surface area (Å²) in [7, 11) is 1.59. The van der Waals surface area contributed by atoms with Gasteiger partial charge in [0.2, 0.25) is 0 Å². The first kappa shape index (κ1) is 81.3. The summed E-state index contributed by atoms with van der Waals surface area (Å²) in [4.78, 5) is 95.0. The number of hydrogen-bond acceptors (Lipinski definition) is 17. The number of halogens is 1. The first-order valence-corrected chi connectivity index (χ1v) is 34.0. The lowest BCUT2D eigenvalue weighted by molar-refractivity contribution is -0.118. The van der Waals surface area contributed by atoms with Crippen LogP contribution in [0, 0.1) is 63.6 Å². The van der Waals surface area contributed by atoms with Gasteiger partial charge >= 0.3 is 0 Å². The number of rotatable bonds is 24. The third-order valence-corrected chi connectivity index (χ3v) is 15.7. The van der Waals surface area contributed by atoms with Gasteiger partial charge < -0.3 is 60.7 Å². The maximum Gasteiger partial charge on any atom is 0.262 e. The first-order valence-electron chi connectivity index (χ1n) is 33.6. The number of carbonyl (C=O) groups is 5. The monoisotopic (exact) mass is 1470 g/mol. The fraction of sp³-hybridized carbons (Fsp3) is 0.148.